The molecule has 4 saturated carbocycles. The maximum Gasteiger partial charge on any atom is 0.312 e. The molecule has 2 unspecified atom stereocenters. The van der Waals surface area contributed by atoms with Gasteiger partial charge in [0, 0.05) is 23.4 Å². The van der Waals surface area contributed by atoms with Crippen molar-refractivity contribution in [3.8, 4) is 22.1 Å². The van der Waals surface area contributed by atoms with Gasteiger partial charge in [0.25, 0.3) is 0 Å². The Labute approximate surface area is 197 Å². The highest BCUT2D eigenvalue weighted by atomic mass is 32.1. The molecule has 33 heavy (non-hydrogen) atoms. The number of esters is 1. The lowest BCUT2D eigenvalue weighted by atomic mass is 9.47. The van der Waals surface area contributed by atoms with Gasteiger partial charge in [-0.15, -0.1) is 11.3 Å². The number of hydrogen-bond donors (Lipinski definition) is 1. The summed E-state index contributed by atoms with van der Waals surface area (Å²) in [5, 5.41) is 5.97. The third kappa shape index (κ3) is 4.09. The summed E-state index contributed by atoms with van der Waals surface area (Å²) in [6, 6.07) is 5.68. The zero-order valence-corrected chi connectivity index (χ0v) is 20.1. The maximum absolute atomic E-state index is 13.3. The summed E-state index contributed by atoms with van der Waals surface area (Å²) in [5.74, 6) is 2.15. The van der Waals surface area contributed by atoms with Gasteiger partial charge in [-0.05, 0) is 68.6 Å². The van der Waals surface area contributed by atoms with Crippen molar-refractivity contribution in [2.24, 2.45) is 17.3 Å². The van der Waals surface area contributed by atoms with E-state index in [1.807, 2.05) is 23.6 Å². The van der Waals surface area contributed by atoms with E-state index in [-0.39, 0.29) is 24.0 Å². The average Bonchev–Trinajstić information content (AvgIpc) is 3.24. The number of ether oxygens (including phenoxy) is 3. The summed E-state index contributed by atoms with van der Waals surface area (Å²) in [5.41, 5.74) is 0.943. The quantitative estimate of drug-likeness (QED) is 0.606. The Morgan fingerprint density at radius 3 is 2.52 bits per heavy atom. The van der Waals surface area contributed by atoms with E-state index in [9.17, 15) is 9.59 Å². The number of amides is 1. The van der Waals surface area contributed by atoms with Gasteiger partial charge in [-0.3, -0.25) is 9.59 Å². The Morgan fingerprint density at radius 1 is 1.12 bits per heavy atom. The molecule has 0 spiro atoms. The largest absolute Gasteiger partial charge is 0.493 e. The predicted molar refractivity (Wildman–Crippen MR) is 124 cm³/mol. The second-order valence-electron chi connectivity index (χ2n) is 9.99. The normalized spacial score (nSPS) is 29.5. The van der Waals surface area contributed by atoms with Crippen molar-refractivity contribution in [2.45, 2.75) is 57.6 Å². The van der Waals surface area contributed by atoms with Crippen LogP contribution in [0, 0.1) is 17.3 Å². The first-order valence-corrected chi connectivity index (χ1v) is 12.3. The number of benzene rings is 1. The Hall–Kier alpha value is -2.61. The van der Waals surface area contributed by atoms with E-state index in [1.165, 1.54) is 11.3 Å². The summed E-state index contributed by atoms with van der Waals surface area (Å²) < 4.78 is 16.5. The summed E-state index contributed by atoms with van der Waals surface area (Å²) in [6.45, 7) is 1.73. The molecule has 6 rings (SSSR count). The number of rotatable bonds is 7. The Balaban J connectivity index is 1.28. The number of thiazole rings is 1. The molecule has 1 heterocycles. The molecule has 1 aromatic carbocycles. The molecule has 4 fully saturated rings. The number of aromatic nitrogens is 1. The lowest BCUT2D eigenvalue weighted by Gasteiger charge is -2.60. The molecule has 2 atom stereocenters. The third-order valence-corrected chi connectivity index (χ3v) is 8.41. The van der Waals surface area contributed by atoms with Crippen molar-refractivity contribution in [3.63, 3.8) is 0 Å². The van der Waals surface area contributed by atoms with Crippen molar-refractivity contribution in [3.05, 3.63) is 29.3 Å². The highest BCUT2D eigenvalue weighted by Crippen LogP contribution is 2.62. The van der Waals surface area contributed by atoms with Crippen molar-refractivity contribution in [2.75, 3.05) is 14.2 Å². The van der Waals surface area contributed by atoms with Gasteiger partial charge in [-0.1, -0.05) is 0 Å². The van der Waals surface area contributed by atoms with Gasteiger partial charge in [0.1, 0.15) is 11.6 Å². The van der Waals surface area contributed by atoms with E-state index >= 15 is 0 Å². The smallest absolute Gasteiger partial charge is 0.312 e. The van der Waals surface area contributed by atoms with Gasteiger partial charge < -0.3 is 19.5 Å². The molecule has 0 aliphatic heterocycles. The minimum Gasteiger partial charge on any atom is -0.493 e. The van der Waals surface area contributed by atoms with E-state index in [2.05, 4.69) is 10.3 Å². The summed E-state index contributed by atoms with van der Waals surface area (Å²) >= 11 is 1.51. The van der Waals surface area contributed by atoms with E-state index in [0.717, 1.165) is 48.4 Å². The second-order valence-corrected chi connectivity index (χ2v) is 10.9. The Kier molecular flexibility index (Phi) is 5.59. The van der Waals surface area contributed by atoms with Gasteiger partial charge in [0.2, 0.25) is 5.91 Å². The predicted octanol–water partition coefficient (Wildman–Crippen LogP) is 4.35. The van der Waals surface area contributed by atoms with Crippen LogP contribution in [0.3, 0.4) is 0 Å². The van der Waals surface area contributed by atoms with E-state index in [0.29, 0.717) is 29.8 Å². The molecule has 4 aliphatic carbocycles. The lowest BCUT2D eigenvalue weighted by molar-refractivity contribution is -0.177. The molecular formula is C25H30N2O5S. The van der Waals surface area contributed by atoms with Gasteiger partial charge in [0.15, 0.2) is 11.5 Å². The summed E-state index contributed by atoms with van der Waals surface area (Å²) in [4.78, 5) is 29.9. The molecule has 0 saturated heterocycles. The monoisotopic (exact) mass is 470 g/mol. The van der Waals surface area contributed by atoms with E-state index in [1.54, 1.807) is 21.1 Å². The zero-order chi connectivity index (χ0) is 23.2. The topological polar surface area (TPSA) is 86.8 Å². The van der Waals surface area contributed by atoms with Crippen LogP contribution in [0.5, 0.6) is 11.5 Å². The van der Waals surface area contributed by atoms with Crippen LogP contribution >= 0.6 is 11.3 Å². The number of carbonyl (C=O) groups excluding carboxylic acids is 2. The molecule has 1 aromatic heterocycles. The Morgan fingerprint density at radius 2 is 1.85 bits per heavy atom. The fourth-order valence-electron chi connectivity index (χ4n) is 6.79. The van der Waals surface area contributed by atoms with Crippen LogP contribution in [0.1, 0.15) is 51.1 Å². The molecule has 7 nitrogen and oxygen atoms in total. The highest BCUT2D eigenvalue weighted by molar-refractivity contribution is 7.13. The average molecular weight is 471 g/mol. The minimum atomic E-state index is -0.477. The molecule has 4 bridgehead atoms. The first-order chi connectivity index (χ1) is 15.8. The van der Waals surface area contributed by atoms with Crippen LogP contribution in [0.15, 0.2) is 23.6 Å². The molecule has 8 heteroatoms. The molecule has 2 aromatic rings. The molecule has 0 radical (unpaired) electrons. The molecule has 1 N–H and O–H groups in total. The number of carbonyl (C=O) groups is 2. The van der Waals surface area contributed by atoms with Crippen LogP contribution < -0.4 is 14.8 Å². The van der Waals surface area contributed by atoms with Crippen molar-refractivity contribution in [1.29, 1.82) is 0 Å². The maximum atomic E-state index is 13.3. The fourth-order valence-corrected chi connectivity index (χ4v) is 7.59. The summed E-state index contributed by atoms with van der Waals surface area (Å²) in [7, 11) is 3.21. The van der Waals surface area contributed by atoms with Crippen molar-refractivity contribution >= 4 is 23.2 Å². The van der Waals surface area contributed by atoms with E-state index in [4.69, 9.17) is 14.2 Å². The molecule has 4 aliphatic rings. The zero-order valence-electron chi connectivity index (χ0n) is 19.3. The van der Waals surface area contributed by atoms with E-state index < -0.39 is 5.41 Å². The lowest BCUT2D eigenvalue weighted by Crippen LogP contribution is -2.64. The molecule has 1 amide bonds. The van der Waals surface area contributed by atoms with Gasteiger partial charge in [-0.2, -0.15) is 0 Å². The van der Waals surface area contributed by atoms with Crippen molar-refractivity contribution in [1.82, 2.24) is 10.3 Å². The minimum absolute atomic E-state index is 0.00867. The SMILES string of the molecule is COc1ccc(-c2nc(COC(=O)C34CC5CC(CC(NC(C)=O)(C5)C3)C4)cs2)cc1OC. The van der Waals surface area contributed by atoms with Crippen LogP contribution in [0.4, 0.5) is 0 Å². The van der Waals surface area contributed by atoms with Crippen LogP contribution in [-0.2, 0) is 20.9 Å². The molecular weight excluding hydrogens is 440 g/mol. The standard InChI is InChI=1S/C25H30N2O5S/c1-15(28)27-25-10-16-6-17(11-25)9-24(8-16,14-25)23(29)32-12-19-13-33-22(26-19)18-4-5-20(30-2)21(7-18)31-3/h4-5,7,13,16-17H,6,8-12,14H2,1-3H3,(H,27,28). The van der Waals surface area contributed by atoms with Gasteiger partial charge >= 0.3 is 5.97 Å². The first-order valence-electron chi connectivity index (χ1n) is 11.5. The number of hydrogen-bond acceptors (Lipinski definition) is 7. The van der Waals surface area contributed by atoms with Gasteiger partial charge in [0.05, 0.1) is 25.3 Å². The van der Waals surface area contributed by atoms with Crippen LogP contribution in [0.2, 0.25) is 0 Å². The number of methoxy groups -OCH3 is 2. The Bertz CT molecular complexity index is 1070. The number of nitrogens with one attached hydrogen (secondary N) is 1. The first kappa shape index (κ1) is 22.2. The highest BCUT2D eigenvalue weighted by Gasteiger charge is 2.61. The summed E-state index contributed by atoms with van der Waals surface area (Å²) in [6.07, 6.45) is 5.57. The van der Waals surface area contributed by atoms with Crippen LogP contribution in [-0.4, -0.2) is 36.6 Å². The number of nitrogens with zero attached hydrogens (tertiary/aromatic N) is 1. The second kappa shape index (κ2) is 8.31. The van der Waals surface area contributed by atoms with Crippen LogP contribution in [0.25, 0.3) is 10.6 Å². The third-order valence-electron chi connectivity index (χ3n) is 7.47. The molecule has 176 valence electrons. The van der Waals surface area contributed by atoms with Gasteiger partial charge in [-0.25, -0.2) is 4.98 Å². The van der Waals surface area contributed by atoms with Crippen molar-refractivity contribution < 1.29 is 23.8 Å². The fraction of sp³-hybridized carbons (Fsp3) is 0.560.